The minimum atomic E-state index is -0.252. The van der Waals surface area contributed by atoms with Gasteiger partial charge in [0.25, 0.3) is 0 Å². The highest BCUT2D eigenvalue weighted by Crippen LogP contribution is 2.29. The van der Waals surface area contributed by atoms with Crippen LogP contribution >= 0.6 is 0 Å². The Morgan fingerprint density at radius 2 is 2.08 bits per heavy atom. The number of urea groups is 1. The van der Waals surface area contributed by atoms with Crippen LogP contribution in [0.1, 0.15) is 38.8 Å². The smallest absolute Gasteiger partial charge is 0.315 e. The van der Waals surface area contributed by atoms with Crippen LogP contribution in [0.25, 0.3) is 0 Å². The fourth-order valence-electron chi connectivity index (χ4n) is 3.25. The van der Waals surface area contributed by atoms with Gasteiger partial charge in [-0.3, -0.25) is 9.78 Å². The van der Waals surface area contributed by atoms with Crippen molar-refractivity contribution in [1.29, 1.82) is 0 Å². The number of nitrogens with one attached hydrogen (secondary N) is 2. The van der Waals surface area contributed by atoms with E-state index in [1.165, 1.54) is 6.42 Å². The number of carbonyl (C=O) groups excluding carboxylic acids is 2. The van der Waals surface area contributed by atoms with Crippen molar-refractivity contribution in [2.45, 2.75) is 45.6 Å². The number of likely N-dealkylation sites (N-methyl/N-ethyl adjacent to an activating group) is 1. The highest BCUT2D eigenvalue weighted by molar-refractivity contribution is 5.83. The van der Waals surface area contributed by atoms with Gasteiger partial charge in [-0.2, -0.15) is 0 Å². The Hall–Kier alpha value is -2.11. The van der Waals surface area contributed by atoms with E-state index in [0.29, 0.717) is 24.8 Å². The summed E-state index contributed by atoms with van der Waals surface area (Å²) in [7, 11) is 1.75. The van der Waals surface area contributed by atoms with E-state index in [-0.39, 0.29) is 24.5 Å². The van der Waals surface area contributed by atoms with Gasteiger partial charge < -0.3 is 15.5 Å². The summed E-state index contributed by atoms with van der Waals surface area (Å²) in [5, 5.41) is 5.71. The van der Waals surface area contributed by atoms with Crippen LogP contribution in [0, 0.1) is 11.8 Å². The molecule has 1 fully saturated rings. The second-order valence-electron chi connectivity index (χ2n) is 7.09. The number of amides is 3. The minimum absolute atomic E-state index is 0.0151. The maximum atomic E-state index is 12.1. The average molecular weight is 346 g/mol. The maximum absolute atomic E-state index is 12.1. The predicted octanol–water partition coefficient (Wildman–Crippen LogP) is 2.21. The lowest BCUT2D eigenvalue weighted by Crippen LogP contribution is -2.49. The molecule has 138 valence electrons. The first kappa shape index (κ1) is 19.2. The van der Waals surface area contributed by atoms with Crippen LogP contribution < -0.4 is 10.6 Å². The summed E-state index contributed by atoms with van der Waals surface area (Å²) in [6, 6.07) is 5.69. The molecular formula is C19H30N4O2. The van der Waals surface area contributed by atoms with Crippen molar-refractivity contribution in [3.63, 3.8) is 0 Å². The molecule has 6 heteroatoms. The van der Waals surface area contributed by atoms with Crippen molar-refractivity contribution in [3.8, 4) is 0 Å². The summed E-state index contributed by atoms with van der Waals surface area (Å²) in [4.78, 5) is 30.1. The number of rotatable bonds is 6. The number of pyridine rings is 1. The lowest BCUT2D eigenvalue weighted by atomic mass is 9.78. The van der Waals surface area contributed by atoms with Gasteiger partial charge in [-0.1, -0.05) is 32.8 Å². The highest BCUT2D eigenvalue weighted by Gasteiger charge is 2.28. The molecule has 1 aliphatic rings. The van der Waals surface area contributed by atoms with E-state index in [1.54, 1.807) is 18.1 Å². The second-order valence-corrected chi connectivity index (χ2v) is 7.09. The molecule has 0 aliphatic heterocycles. The van der Waals surface area contributed by atoms with Crippen molar-refractivity contribution >= 4 is 11.9 Å². The van der Waals surface area contributed by atoms with Crippen molar-refractivity contribution in [1.82, 2.24) is 20.5 Å². The van der Waals surface area contributed by atoms with E-state index < -0.39 is 0 Å². The van der Waals surface area contributed by atoms with E-state index in [1.807, 2.05) is 18.2 Å². The third-order valence-corrected chi connectivity index (χ3v) is 5.28. The number of aromatic nitrogens is 1. The molecule has 0 unspecified atom stereocenters. The molecule has 6 nitrogen and oxygen atoms in total. The second kappa shape index (κ2) is 9.39. The van der Waals surface area contributed by atoms with Crippen LogP contribution in [0.4, 0.5) is 4.79 Å². The first-order valence-corrected chi connectivity index (χ1v) is 9.15. The third kappa shape index (κ3) is 6.03. The first-order chi connectivity index (χ1) is 12.0. The molecule has 0 spiro atoms. The molecule has 3 amide bonds. The van der Waals surface area contributed by atoms with E-state index >= 15 is 0 Å². The Kier molecular flexibility index (Phi) is 7.22. The van der Waals surface area contributed by atoms with Gasteiger partial charge in [0.05, 0.1) is 6.54 Å². The summed E-state index contributed by atoms with van der Waals surface area (Å²) in [6.07, 6.45) is 5.83. The van der Waals surface area contributed by atoms with E-state index in [9.17, 15) is 9.59 Å². The van der Waals surface area contributed by atoms with Gasteiger partial charge in [0.15, 0.2) is 0 Å². The molecule has 0 bridgehead atoms. The first-order valence-electron chi connectivity index (χ1n) is 9.15. The van der Waals surface area contributed by atoms with Gasteiger partial charge in [0.2, 0.25) is 5.91 Å². The topological polar surface area (TPSA) is 74.3 Å². The van der Waals surface area contributed by atoms with Crippen LogP contribution in [0.15, 0.2) is 24.4 Å². The number of hydrogen-bond acceptors (Lipinski definition) is 3. The zero-order valence-electron chi connectivity index (χ0n) is 15.5. The molecule has 25 heavy (non-hydrogen) atoms. The summed E-state index contributed by atoms with van der Waals surface area (Å²) in [6.45, 7) is 5.01. The zero-order chi connectivity index (χ0) is 18.2. The minimum Gasteiger partial charge on any atom is -0.344 e. The Balaban J connectivity index is 1.68. The lowest BCUT2D eigenvalue weighted by molar-refractivity contribution is -0.128. The summed E-state index contributed by atoms with van der Waals surface area (Å²) < 4.78 is 0. The molecule has 1 aliphatic carbocycles. The summed E-state index contributed by atoms with van der Waals surface area (Å²) in [5.41, 5.74) is 0.952. The number of carbonyl (C=O) groups is 2. The Labute approximate surface area is 150 Å². The maximum Gasteiger partial charge on any atom is 0.315 e. The molecule has 3 atom stereocenters. The van der Waals surface area contributed by atoms with Gasteiger partial charge in [-0.05, 0) is 30.4 Å². The Morgan fingerprint density at radius 3 is 2.80 bits per heavy atom. The normalized spacial score (nSPS) is 22.9. The van der Waals surface area contributed by atoms with Crippen molar-refractivity contribution < 1.29 is 9.59 Å². The van der Waals surface area contributed by atoms with Crippen molar-refractivity contribution in [2.75, 3.05) is 20.1 Å². The molecule has 0 radical (unpaired) electrons. The molecule has 0 aromatic carbocycles. The van der Waals surface area contributed by atoms with Crippen LogP contribution in [0.5, 0.6) is 0 Å². The highest BCUT2D eigenvalue weighted by atomic mass is 16.2. The number of hydrogen-bond donors (Lipinski definition) is 2. The quantitative estimate of drug-likeness (QED) is 0.829. The molecule has 1 aromatic heterocycles. The molecular weight excluding hydrogens is 316 g/mol. The average Bonchev–Trinajstić information content (AvgIpc) is 2.62. The molecule has 2 rings (SSSR count). The molecule has 1 saturated carbocycles. The van der Waals surface area contributed by atoms with Crippen LogP contribution in [0.3, 0.4) is 0 Å². The standard InChI is InChI=1S/C19H30N4O2/c1-14-7-6-9-17(15(14)2)22-19(25)21-13-18(24)23(3)12-10-16-8-4-5-11-20-16/h4-5,8,11,14-15,17H,6-7,9-10,12-13H2,1-3H3,(H2,21,22,25)/t14-,15+,17+/m1/s1. The third-order valence-electron chi connectivity index (χ3n) is 5.28. The van der Waals surface area contributed by atoms with Gasteiger partial charge >= 0.3 is 6.03 Å². The predicted molar refractivity (Wildman–Crippen MR) is 98.1 cm³/mol. The van der Waals surface area contributed by atoms with Crippen LogP contribution in [0.2, 0.25) is 0 Å². The summed E-state index contributed by atoms with van der Waals surface area (Å²) in [5.74, 6) is 0.991. The fourth-order valence-corrected chi connectivity index (χ4v) is 3.25. The van der Waals surface area contributed by atoms with Gasteiger partial charge in [-0.15, -0.1) is 0 Å². The fraction of sp³-hybridized carbons (Fsp3) is 0.632. The van der Waals surface area contributed by atoms with Gasteiger partial charge in [0, 0.05) is 37.9 Å². The van der Waals surface area contributed by atoms with E-state index in [2.05, 4.69) is 29.5 Å². The van der Waals surface area contributed by atoms with Crippen molar-refractivity contribution in [3.05, 3.63) is 30.1 Å². The molecule has 1 heterocycles. The van der Waals surface area contributed by atoms with Crippen LogP contribution in [-0.2, 0) is 11.2 Å². The van der Waals surface area contributed by atoms with Crippen molar-refractivity contribution in [2.24, 2.45) is 11.8 Å². The van der Waals surface area contributed by atoms with E-state index in [0.717, 1.165) is 18.5 Å². The lowest BCUT2D eigenvalue weighted by Gasteiger charge is -2.34. The van der Waals surface area contributed by atoms with Gasteiger partial charge in [-0.25, -0.2) is 4.79 Å². The molecule has 1 aromatic rings. The summed E-state index contributed by atoms with van der Waals surface area (Å²) >= 11 is 0. The monoisotopic (exact) mass is 346 g/mol. The Bertz CT molecular complexity index is 564. The zero-order valence-corrected chi connectivity index (χ0v) is 15.5. The Morgan fingerprint density at radius 1 is 1.28 bits per heavy atom. The molecule has 0 saturated heterocycles. The largest absolute Gasteiger partial charge is 0.344 e. The van der Waals surface area contributed by atoms with Crippen LogP contribution in [-0.4, -0.2) is 48.0 Å². The SMILES string of the molecule is C[C@H]1[C@H](C)CCC[C@@H]1NC(=O)NCC(=O)N(C)CCc1ccccn1. The van der Waals surface area contributed by atoms with Gasteiger partial charge in [0.1, 0.15) is 0 Å². The van der Waals surface area contributed by atoms with E-state index in [4.69, 9.17) is 0 Å². The molecule has 2 N–H and O–H groups in total. The number of nitrogens with zero attached hydrogens (tertiary/aromatic N) is 2.